The van der Waals surface area contributed by atoms with Gasteiger partial charge in [0.15, 0.2) is 5.54 Å². The largest absolute Gasteiger partial charge is 0.466 e. The van der Waals surface area contributed by atoms with Gasteiger partial charge in [0.2, 0.25) is 15.4 Å². The number of carbonyl (C=O) groups excluding carboxylic acids is 1. The Morgan fingerprint density at radius 2 is 1.62 bits per heavy atom. The Hall–Kier alpha value is -2.31. The average Bonchev–Trinajstić information content (AvgIpc) is 3.12. The summed E-state index contributed by atoms with van der Waals surface area (Å²) in [4.78, 5) is 16.4. The second kappa shape index (κ2) is 16.0. The molecule has 0 saturated heterocycles. The van der Waals surface area contributed by atoms with Crippen LogP contribution in [0.15, 0.2) is 36.4 Å². The summed E-state index contributed by atoms with van der Waals surface area (Å²) in [6.07, 6.45) is 4.31. The Balaban J connectivity index is 1.73. The highest BCUT2D eigenvalue weighted by atomic mass is 35.5. The Kier molecular flexibility index (Phi) is 12.4. The first-order valence-corrected chi connectivity index (χ1v) is 22.8. The van der Waals surface area contributed by atoms with Crippen molar-refractivity contribution < 1.29 is 22.7 Å². The first-order valence-electron chi connectivity index (χ1n) is 19.4. The van der Waals surface area contributed by atoms with Gasteiger partial charge >= 0.3 is 5.97 Å². The molecule has 306 valence electrons. The van der Waals surface area contributed by atoms with Crippen LogP contribution < -0.4 is 30.1 Å². The van der Waals surface area contributed by atoms with Gasteiger partial charge in [0, 0.05) is 74.5 Å². The van der Waals surface area contributed by atoms with Crippen LogP contribution in [0.1, 0.15) is 72.1 Å². The number of esters is 1. The summed E-state index contributed by atoms with van der Waals surface area (Å²) in [6, 6.07) is 8.21. The van der Waals surface area contributed by atoms with Gasteiger partial charge in [-0.3, -0.25) is 4.79 Å². The molecule has 4 aliphatic rings. The number of carbonyl (C=O) groups is 1. The van der Waals surface area contributed by atoms with E-state index in [1.54, 1.807) is 21.0 Å². The number of nitrogens with zero attached hydrogens (tertiary/aromatic N) is 3. The number of ether oxygens (including phenoxy) is 2. The quantitative estimate of drug-likeness (QED) is 0.159. The fourth-order valence-electron chi connectivity index (χ4n) is 9.25. The predicted molar refractivity (Wildman–Crippen MR) is 232 cm³/mol. The summed E-state index contributed by atoms with van der Waals surface area (Å²) in [5, 5.41) is 1.20. The van der Waals surface area contributed by atoms with E-state index in [9.17, 15) is 13.2 Å². The van der Waals surface area contributed by atoms with E-state index in [1.165, 1.54) is 4.31 Å². The average molecular weight is 870 g/mol. The molecule has 6 unspecified atom stereocenters. The van der Waals surface area contributed by atoms with Crippen LogP contribution in [0.4, 0.5) is 5.69 Å². The van der Waals surface area contributed by atoms with E-state index in [0.29, 0.717) is 41.9 Å². The number of sulfonamides is 1. The minimum atomic E-state index is -3.72. The lowest BCUT2D eigenvalue weighted by Crippen LogP contribution is -2.54. The highest BCUT2D eigenvalue weighted by Crippen LogP contribution is 2.52. The van der Waals surface area contributed by atoms with Gasteiger partial charge in [-0.1, -0.05) is 6.08 Å². The number of nitrogens with one attached hydrogen (secondary N) is 1. The molecule has 0 radical (unpaired) electrons. The monoisotopic (exact) mass is 867 g/mol. The zero-order valence-corrected chi connectivity index (χ0v) is 37.8. The number of benzene rings is 2. The number of allylic oxidation sites excluding steroid dienone is 1. The lowest BCUT2D eigenvalue weighted by molar-refractivity contribution is -0.149. The summed E-state index contributed by atoms with van der Waals surface area (Å²) in [6.45, 7) is 19.0. The summed E-state index contributed by atoms with van der Waals surface area (Å²) >= 11 is 28.4. The molecule has 6 rings (SSSR count). The highest BCUT2D eigenvalue weighted by Gasteiger charge is 2.54. The van der Waals surface area contributed by atoms with E-state index < -0.39 is 54.9 Å². The maximum absolute atomic E-state index is 14.0. The molecule has 14 heteroatoms. The number of rotatable bonds is 11. The Labute approximate surface area is 352 Å². The van der Waals surface area contributed by atoms with Crippen molar-refractivity contribution in [2.45, 2.75) is 88.0 Å². The summed E-state index contributed by atoms with van der Waals surface area (Å²) < 4.78 is 44.1. The molecule has 1 saturated carbocycles. The first kappa shape index (κ1) is 43.3. The molecular weight excluding hydrogens is 814 g/mol. The smallest absolute Gasteiger partial charge is 0.311 e. The van der Waals surface area contributed by atoms with Crippen LogP contribution >= 0.6 is 46.4 Å². The van der Waals surface area contributed by atoms with Crippen molar-refractivity contribution in [2.75, 3.05) is 57.5 Å². The van der Waals surface area contributed by atoms with Gasteiger partial charge in [-0.05, 0) is 83.5 Å². The Morgan fingerprint density at radius 1 is 0.946 bits per heavy atom. The summed E-state index contributed by atoms with van der Waals surface area (Å²) in [5.41, 5.74) is 5.29. The van der Waals surface area contributed by atoms with Crippen molar-refractivity contribution in [3.8, 4) is 11.5 Å². The minimum absolute atomic E-state index is 0.142. The molecule has 2 aromatic carbocycles. The molecule has 0 amide bonds. The van der Waals surface area contributed by atoms with E-state index in [4.69, 9.17) is 55.9 Å². The van der Waals surface area contributed by atoms with Crippen molar-refractivity contribution in [1.29, 1.82) is 0 Å². The van der Waals surface area contributed by atoms with Crippen molar-refractivity contribution in [3.05, 3.63) is 63.7 Å². The number of likely N-dealkylation sites (N-methyl/N-ethyl adjacent to an activating group) is 4. The van der Waals surface area contributed by atoms with Gasteiger partial charge in [0.1, 0.15) is 18.0 Å². The van der Waals surface area contributed by atoms with Crippen molar-refractivity contribution in [2.24, 2.45) is 11.8 Å². The van der Waals surface area contributed by atoms with Crippen LogP contribution in [-0.2, 0) is 19.6 Å². The molecule has 3 heterocycles. The fraction of sp³-hybridized carbons (Fsp3) is 0.571. The van der Waals surface area contributed by atoms with Gasteiger partial charge < -0.3 is 19.7 Å². The number of hydrogen-bond acceptors (Lipinski definition) is 7. The summed E-state index contributed by atoms with van der Waals surface area (Å²) in [5.74, 6) is -1.28. The highest BCUT2D eigenvalue weighted by molar-refractivity contribution is 7.89. The van der Waals surface area contributed by atoms with Crippen LogP contribution in [0.5, 0.6) is 11.5 Å². The van der Waals surface area contributed by atoms with Gasteiger partial charge in [-0.2, -0.15) is 0 Å². The second-order valence-electron chi connectivity index (χ2n) is 16.3. The molecule has 1 fully saturated rings. The minimum Gasteiger partial charge on any atom is -0.466 e. The van der Waals surface area contributed by atoms with E-state index in [2.05, 4.69) is 81.5 Å². The third-order valence-electron chi connectivity index (χ3n) is 11.8. The van der Waals surface area contributed by atoms with Gasteiger partial charge in [0.25, 0.3) is 0 Å². The maximum atomic E-state index is 14.0. The maximum Gasteiger partial charge on any atom is 0.311 e. The lowest BCUT2D eigenvalue weighted by atomic mass is 9.70. The molecule has 9 nitrogen and oxygen atoms in total. The molecule has 1 N–H and O–H groups in total. The van der Waals surface area contributed by atoms with E-state index in [-0.39, 0.29) is 17.9 Å². The first-order chi connectivity index (χ1) is 26.2. The van der Waals surface area contributed by atoms with Crippen LogP contribution in [-0.4, -0.2) is 104 Å². The van der Waals surface area contributed by atoms with Crippen molar-refractivity contribution >= 4 is 84.8 Å². The van der Waals surface area contributed by atoms with Crippen LogP contribution in [0.2, 0.25) is 0 Å². The third-order valence-corrected chi connectivity index (χ3v) is 16.2. The number of halogens is 4. The zero-order valence-electron chi connectivity index (χ0n) is 34.0. The summed E-state index contributed by atoms with van der Waals surface area (Å²) in [7, 11) is -0.314. The van der Waals surface area contributed by atoms with Crippen LogP contribution in [0.25, 0.3) is 16.7 Å². The molecular formula is C42H55Cl4N4O5S+. The number of fused-ring (bicyclic) bond motifs is 4. The number of hydrogen-bond donors (Lipinski definition) is 1. The van der Waals surface area contributed by atoms with E-state index in [1.807, 2.05) is 18.2 Å². The molecule has 1 aliphatic carbocycles. The molecule has 6 atom stereocenters. The lowest BCUT2D eigenvalue weighted by Gasteiger charge is -2.45. The fourth-order valence-corrected chi connectivity index (χ4v) is 12.1. The SMILES string of the molecule is CCOC(=O)C1C(Cl)C(Cl)C(Cl)C(Cl)C1C1=c2cc3c(cc2Oc2cc4c(cc21)C(C)=CC(C)(C)N4CC)=[N+](CC)C(C)(C)C=C3CS(=O)(=O)N(C)CCNC. The van der Waals surface area contributed by atoms with Crippen molar-refractivity contribution in [3.63, 3.8) is 0 Å². The Bertz CT molecular complexity index is 2220. The van der Waals surface area contributed by atoms with Crippen molar-refractivity contribution in [1.82, 2.24) is 14.2 Å². The topological polar surface area (TPSA) is 91.2 Å². The molecule has 2 aromatic rings. The van der Waals surface area contributed by atoms with Gasteiger partial charge in [0.05, 0.1) is 57.0 Å². The third kappa shape index (κ3) is 7.43. The molecule has 0 aromatic heterocycles. The molecule has 0 spiro atoms. The standard InChI is InChI=1S/C42H55Cl4N4O5S/c1-11-49-29-18-31-27(16-25(29)23(4)20-41(49,5)6)33(34-35(40(51)54-13-3)37(44)39(46)38(45)36(34)43)28-17-26-24(22-56(52,53)48(10)15-14-47-9)21-42(7,8)50(12-2)30(26)19-32(28)55-31/h16-21,34-39,47H,11-15,22H2,1-10H3/q+1. The predicted octanol–water partition coefficient (Wildman–Crippen LogP) is 6.42. The number of anilines is 1. The van der Waals surface area contributed by atoms with E-state index in [0.717, 1.165) is 45.4 Å². The second-order valence-corrected chi connectivity index (χ2v) is 20.4. The molecule has 0 bridgehead atoms. The zero-order chi connectivity index (χ0) is 41.2. The van der Waals surface area contributed by atoms with Gasteiger partial charge in [-0.15, -0.1) is 46.4 Å². The normalized spacial score (nSPS) is 26.4. The molecule has 56 heavy (non-hydrogen) atoms. The molecule has 3 aliphatic heterocycles. The van der Waals surface area contributed by atoms with Gasteiger partial charge in [-0.25, -0.2) is 17.3 Å². The Morgan fingerprint density at radius 3 is 2.25 bits per heavy atom. The van der Waals surface area contributed by atoms with E-state index >= 15 is 0 Å². The van der Waals surface area contributed by atoms with Crippen LogP contribution in [0.3, 0.4) is 0 Å². The number of alkyl halides is 4. The van der Waals surface area contributed by atoms with Crippen LogP contribution in [0, 0.1) is 11.8 Å².